The van der Waals surface area contributed by atoms with Crippen LogP contribution in [-0.4, -0.2) is 44.3 Å². The summed E-state index contributed by atoms with van der Waals surface area (Å²) in [6.45, 7) is 8.72. The van der Waals surface area contributed by atoms with Crippen LogP contribution in [0.1, 0.15) is 97.8 Å². The summed E-state index contributed by atoms with van der Waals surface area (Å²) in [4.78, 5) is 11.8. The Hall–Kier alpha value is -1.01. The maximum Gasteiger partial charge on any atom is 0.157 e. The van der Waals surface area contributed by atoms with Crippen LogP contribution in [0.3, 0.4) is 0 Å². The van der Waals surface area contributed by atoms with E-state index in [0.717, 1.165) is 51.7 Å². The standard InChI is InChI=1S/C32H48O5/c1-21(20-33)25-12-13-26-24-11-10-22-18-23(36-29-8-4-6-16-34-29)19-28(37-30-9-5-7-17-35-30)32(22,3)27(24)14-15-31(25,26)2/h10-11,20-21,23,25-30H,4-9,12-19H2,1-3H3/t21?,23-,25-,26+,27+,28+,29?,30?,31-,32+/m1/s1. The summed E-state index contributed by atoms with van der Waals surface area (Å²) < 4.78 is 25.6. The SMILES string of the molecule is CC(C=O)[C@H]1CC[C@H]2C3=CC=C4C[C@@H](OC5CCCCO5)C[C@H](OC5CCCCO5)[C@]4(C)[C@H]3CC[C@]12C. The van der Waals surface area contributed by atoms with E-state index in [2.05, 4.69) is 32.9 Å². The lowest BCUT2D eigenvalue weighted by Crippen LogP contribution is -2.55. The lowest BCUT2D eigenvalue weighted by atomic mass is 9.49. The minimum absolute atomic E-state index is 0.0339. The monoisotopic (exact) mass is 512 g/mol. The molecule has 0 spiro atoms. The van der Waals surface area contributed by atoms with E-state index >= 15 is 0 Å². The molecule has 2 saturated heterocycles. The predicted octanol–water partition coefficient (Wildman–Crippen LogP) is 6.75. The van der Waals surface area contributed by atoms with Crippen LogP contribution < -0.4 is 0 Å². The first-order valence-electron chi connectivity index (χ1n) is 15.3. The number of carbonyl (C=O) groups is 1. The molecule has 0 N–H and O–H groups in total. The Morgan fingerprint density at radius 1 is 0.919 bits per heavy atom. The lowest BCUT2D eigenvalue weighted by molar-refractivity contribution is -0.242. The van der Waals surface area contributed by atoms with Crippen LogP contribution in [0, 0.1) is 34.5 Å². The summed E-state index contributed by atoms with van der Waals surface area (Å²) in [5, 5.41) is 0. The Balaban J connectivity index is 1.29. The van der Waals surface area contributed by atoms with Gasteiger partial charge < -0.3 is 23.7 Å². The number of fused-ring (bicyclic) bond motifs is 5. The van der Waals surface area contributed by atoms with Gasteiger partial charge in [-0.05, 0) is 93.8 Å². The molecule has 5 heteroatoms. The molecule has 3 unspecified atom stereocenters. The molecular formula is C32H48O5. The fourth-order valence-electron chi connectivity index (χ4n) is 9.34. The second kappa shape index (κ2) is 10.5. The fourth-order valence-corrected chi connectivity index (χ4v) is 9.34. The first kappa shape index (κ1) is 26.2. The largest absolute Gasteiger partial charge is 0.353 e. The minimum atomic E-state index is -0.103. The van der Waals surface area contributed by atoms with Crippen LogP contribution in [0.5, 0.6) is 0 Å². The zero-order valence-electron chi connectivity index (χ0n) is 23.3. The molecule has 6 rings (SSSR count). The molecule has 0 aromatic heterocycles. The molecule has 2 aliphatic heterocycles. The topological polar surface area (TPSA) is 54.0 Å². The van der Waals surface area contributed by atoms with Crippen molar-refractivity contribution < 1.29 is 23.7 Å². The Kier molecular flexibility index (Phi) is 7.46. The summed E-state index contributed by atoms with van der Waals surface area (Å²) in [6.07, 6.45) is 19.4. The Labute approximate surface area is 223 Å². The first-order chi connectivity index (χ1) is 17.9. The molecule has 0 amide bonds. The fraction of sp³-hybridized carbons (Fsp3) is 0.844. The quantitative estimate of drug-likeness (QED) is 0.368. The van der Waals surface area contributed by atoms with Crippen molar-refractivity contribution in [3.8, 4) is 0 Å². The van der Waals surface area contributed by atoms with Crippen molar-refractivity contribution in [1.82, 2.24) is 0 Å². The number of ether oxygens (including phenoxy) is 4. The molecule has 0 radical (unpaired) electrons. The van der Waals surface area contributed by atoms with Gasteiger partial charge in [0.15, 0.2) is 12.6 Å². The van der Waals surface area contributed by atoms with Crippen LogP contribution in [0.25, 0.3) is 0 Å². The normalized spacial score (nSPS) is 46.6. The molecule has 2 heterocycles. The molecule has 6 aliphatic rings. The van der Waals surface area contributed by atoms with Gasteiger partial charge in [0.05, 0.1) is 12.2 Å². The third kappa shape index (κ3) is 4.60. The van der Waals surface area contributed by atoms with Crippen molar-refractivity contribution in [1.29, 1.82) is 0 Å². The summed E-state index contributed by atoms with van der Waals surface area (Å²) in [7, 11) is 0. The molecule has 10 atom stereocenters. The highest BCUT2D eigenvalue weighted by molar-refractivity contribution is 5.54. The van der Waals surface area contributed by atoms with Gasteiger partial charge in [-0.1, -0.05) is 44.1 Å². The van der Waals surface area contributed by atoms with E-state index < -0.39 is 0 Å². The highest BCUT2D eigenvalue weighted by atomic mass is 16.7. The molecule has 0 aromatic carbocycles. The number of aldehydes is 1. The molecule has 4 aliphatic carbocycles. The van der Waals surface area contributed by atoms with Crippen molar-refractivity contribution in [2.75, 3.05) is 13.2 Å². The average Bonchev–Trinajstić information content (AvgIpc) is 3.27. The smallest absolute Gasteiger partial charge is 0.157 e. The van der Waals surface area contributed by atoms with Crippen molar-refractivity contribution >= 4 is 6.29 Å². The van der Waals surface area contributed by atoms with Gasteiger partial charge in [-0.3, -0.25) is 0 Å². The van der Waals surface area contributed by atoms with Crippen molar-refractivity contribution in [3.63, 3.8) is 0 Å². The van der Waals surface area contributed by atoms with E-state index in [1.807, 2.05) is 0 Å². The Morgan fingerprint density at radius 2 is 1.65 bits per heavy atom. The van der Waals surface area contributed by atoms with Crippen molar-refractivity contribution in [2.45, 2.75) is 123 Å². The molecule has 3 saturated carbocycles. The van der Waals surface area contributed by atoms with Gasteiger partial charge >= 0.3 is 0 Å². The highest BCUT2D eigenvalue weighted by Crippen LogP contribution is 2.66. The molecule has 206 valence electrons. The number of hydrogen-bond donors (Lipinski definition) is 0. The van der Waals surface area contributed by atoms with Gasteiger partial charge in [0.2, 0.25) is 0 Å². The summed E-state index contributed by atoms with van der Waals surface area (Å²) in [5.74, 6) is 1.71. The Bertz CT molecular complexity index is 899. The Morgan fingerprint density at radius 3 is 2.32 bits per heavy atom. The van der Waals surface area contributed by atoms with Gasteiger partial charge in [-0.25, -0.2) is 0 Å². The first-order valence-corrected chi connectivity index (χ1v) is 15.3. The minimum Gasteiger partial charge on any atom is -0.353 e. The van der Waals surface area contributed by atoms with Crippen molar-refractivity contribution in [3.05, 3.63) is 23.3 Å². The van der Waals surface area contributed by atoms with Crippen LogP contribution in [-0.2, 0) is 23.7 Å². The molecule has 37 heavy (non-hydrogen) atoms. The molecular weight excluding hydrogens is 464 g/mol. The van der Waals surface area contributed by atoms with Crippen molar-refractivity contribution in [2.24, 2.45) is 34.5 Å². The third-order valence-corrected chi connectivity index (χ3v) is 11.5. The van der Waals surface area contributed by atoms with E-state index in [9.17, 15) is 4.79 Å². The number of allylic oxidation sites excluding steroid dienone is 3. The van der Waals surface area contributed by atoms with Gasteiger partial charge in [-0.2, -0.15) is 0 Å². The maximum atomic E-state index is 11.8. The summed E-state index contributed by atoms with van der Waals surface area (Å²) in [5.41, 5.74) is 3.32. The summed E-state index contributed by atoms with van der Waals surface area (Å²) in [6, 6.07) is 0. The summed E-state index contributed by atoms with van der Waals surface area (Å²) >= 11 is 0. The third-order valence-electron chi connectivity index (χ3n) is 11.5. The second-order valence-electron chi connectivity index (χ2n) is 13.4. The highest BCUT2D eigenvalue weighted by Gasteiger charge is 2.59. The molecule has 5 nitrogen and oxygen atoms in total. The van der Waals surface area contributed by atoms with E-state index in [-0.39, 0.29) is 41.5 Å². The van der Waals surface area contributed by atoms with Crippen LogP contribution in [0.4, 0.5) is 0 Å². The zero-order chi connectivity index (χ0) is 25.6. The molecule has 0 aromatic rings. The van der Waals surface area contributed by atoms with Gasteiger partial charge in [0.1, 0.15) is 6.29 Å². The van der Waals surface area contributed by atoms with Crippen LogP contribution in [0.2, 0.25) is 0 Å². The van der Waals surface area contributed by atoms with Crippen LogP contribution in [0.15, 0.2) is 23.3 Å². The molecule has 5 fully saturated rings. The van der Waals surface area contributed by atoms with E-state index in [1.54, 1.807) is 5.57 Å². The van der Waals surface area contributed by atoms with Gasteiger partial charge in [-0.15, -0.1) is 0 Å². The van der Waals surface area contributed by atoms with E-state index in [0.29, 0.717) is 17.8 Å². The number of rotatable bonds is 6. The predicted molar refractivity (Wildman–Crippen MR) is 143 cm³/mol. The zero-order valence-corrected chi connectivity index (χ0v) is 23.3. The van der Waals surface area contributed by atoms with Gasteiger partial charge in [0.25, 0.3) is 0 Å². The number of carbonyl (C=O) groups excluding carboxylic acids is 1. The number of hydrogen-bond acceptors (Lipinski definition) is 5. The van der Waals surface area contributed by atoms with E-state index in [1.165, 1.54) is 50.4 Å². The lowest BCUT2D eigenvalue weighted by Gasteiger charge is -2.58. The maximum absolute atomic E-state index is 11.8. The van der Waals surface area contributed by atoms with Gasteiger partial charge in [0, 0.05) is 31.0 Å². The van der Waals surface area contributed by atoms with E-state index in [4.69, 9.17) is 18.9 Å². The molecule has 0 bridgehead atoms. The second-order valence-corrected chi connectivity index (χ2v) is 13.4. The average molecular weight is 513 g/mol. The van der Waals surface area contributed by atoms with Crippen LogP contribution >= 0.6 is 0 Å².